The molecular weight excluding hydrogens is 392 g/mol. The number of ether oxygens (including phenoxy) is 2. The summed E-state index contributed by atoms with van der Waals surface area (Å²) in [6, 6.07) is 17.4. The van der Waals surface area contributed by atoms with Crippen LogP contribution in [-0.2, 0) is 13.0 Å². The van der Waals surface area contributed by atoms with Gasteiger partial charge in [0.25, 0.3) is 0 Å². The van der Waals surface area contributed by atoms with Crippen molar-refractivity contribution in [1.82, 2.24) is 10.3 Å². The Morgan fingerprint density at radius 2 is 1.90 bits per heavy atom. The summed E-state index contributed by atoms with van der Waals surface area (Å²) >= 11 is 1.72. The second-order valence-corrected chi connectivity index (χ2v) is 9.20. The second-order valence-electron chi connectivity index (χ2n) is 8.22. The van der Waals surface area contributed by atoms with Crippen LogP contribution < -0.4 is 14.8 Å². The summed E-state index contributed by atoms with van der Waals surface area (Å²) in [7, 11) is 0. The van der Waals surface area contributed by atoms with E-state index in [1.54, 1.807) is 11.3 Å². The molecule has 0 bridgehead atoms. The van der Waals surface area contributed by atoms with Gasteiger partial charge in [-0.3, -0.25) is 0 Å². The maximum atomic E-state index is 6.34. The van der Waals surface area contributed by atoms with Crippen LogP contribution in [0.4, 0.5) is 0 Å². The van der Waals surface area contributed by atoms with E-state index in [1.807, 2.05) is 17.6 Å². The summed E-state index contributed by atoms with van der Waals surface area (Å²) in [4.78, 5) is 4.35. The number of nitrogens with zero attached hydrogens (tertiary/aromatic N) is 1. The van der Waals surface area contributed by atoms with Gasteiger partial charge >= 0.3 is 0 Å². The first kappa shape index (κ1) is 19.6. The van der Waals surface area contributed by atoms with Gasteiger partial charge in [0.2, 0.25) is 0 Å². The van der Waals surface area contributed by atoms with Crippen LogP contribution in [0.5, 0.6) is 11.5 Å². The largest absolute Gasteiger partial charge is 0.490 e. The van der Waals surface area contributed by atoms with E-state index in [4.69, 9.17) is 9.47 Å². The highest BCUT2D eigenvalue weighted by Crippen LogP contribution is 2.37. The Morgan fingerprint density at radius 3 is 2.70 bits per heavy atom. The number of thiazole rings is 1. The first-order valence-corrected chi connectivity index (χ1v) is 11.8. The molecule has 1 N–H and O–H groups in total. The number of hydrogen-bond acceptors (Lipinski definition) is 5. The number of nitrogens with one attached hydrogen (secondary N) is 1. The number of aryl methyl sites for hydroxylation is 1. The van der Waals surface area contributed by atoms with Gasteiger partial charge < -0.3 is 14.8 Å². The Balaban J connectivity index is 1.13. The van der Waals surface area contributed by atoms with Gasteiger partial charge in [0, 0.05) is 24.2 Å². The normalized spacial score (nSPS) is 23.4. The molecule has 3 aromatic rings. The van der Waals surface area contributed by atoms with Crippen molar-refractivity contribution >= 4 is 11.3 Å². The first-order chi connectivity index (χ1) is 14.8. The molecule has 0 radical (unpaired) electrons. The molecule has 2 aromatic carbocycles. The van der Waals surface area contributed by atoms with Crippen molar-refractivity contribution in [1.29, 1.82) is 0 Å². The topological polar surface area (TPSA) is 43.4 Å². The third kappa shape index (κ3) is 4.68. The molecule has 0 amide bonds. The van der Waals surface area contributed by atoms with Gasteiger partial charge in [-0.25, -0.2) is 4.98 Å². The van der Waals surface area contributed by atoms with Crippen LogP contribution in [0.2, 0.25) is 0 Å². The molecule has 4 nitrogen and oxygen atoms in total. The Kier molecular flexibility index (Phi) is 6.00. The molecule has 1 atom stereocenters. The van der Waals surface area contributed by atoms with Crippen LogP contribution in [0.15, 0.2) is 60.1 Å². The number of rotatable bonds is 6. The van der Waals surface area contributed by atoms with Gasteiger partial charge in [0.1, 0.15) is 22.6 Å². The molecule has 5 rings (SSSR count). The highest BCUT2D eigenvalue weighted by molar-refractivity contribution is 7.09. The van der Waals surface area contributed by atoms with E-state index in [-0.39, 0.29) is 6.10 Å². The maximum absolute atomic E-state index is 6.34. The van der Waals surface area contributed by atoms with E-state index < -0.39 is 0 Å². The number of hydrogen-bond donors (Lipinski definition) is 1. The fourth-order valence-corrected chi connectivity index (χ4v) is 5.06. The van der Waals surface area contributed by atoms with Crippen LogP contribution in [0, 0.1) is 0 Å². The lowest BCUT2D eigenvalue weighted by atomic mass is 9.93. The molecule has 1 fully saturated rings. The van der Waals surface area contributed by atoms with Gasteiger partial charge in [-0.1, -0.05) is 30.3 Å². The lowest BCUT2D eigenvalue weighted by Crippen LogP contribution is -2.35. The Morgan fingerprint density at radius 1 is 1.03 bits per heavy atom. The zero-order valence-corrected chi connectivity index (χ0v) is 17.9. The van der Waals surface area contributed by atoms with Gasteiger partial charge in [-0.15, -0.1) is 11.3 Å². The van der Waals surface area contributed by atoms with Crippen LogP contribution >= 0.6 is 11.3 Å². The molecule has 1 aliphatic heterocycles. The van der Waals surface area contributed by atoms with E-state index in [0.29, 0.717) is 12.1 Å². The Bertz CT molecular complexity index is 937. The average molecular weight is 421 g/mol. The lowest BCUT2D eigenvalue weighted by molar-refractivity contribution is 0.138. The minimum atomic E-state index is 0.151. The van der Waals surface area contributed by atoms with Crippen LogP contribution in [0.3, 0.4) is 0 Å². The third-order valence-electron chi connectivity index (χ3n) is 6.15. The van der Waals surface area contributed by atoms with Crippen molar-refractivity contribution < 1.29 is 9.47 Å². The zero-order valence-electron chi connectivity index (χ0n) is 17.1. The number of aromatic nitrogens is 1. The first-order valence-electron chi connectivity index (χ1n) is 11.0. The summed E-state index contributed by atoms with van der Waals surface area (Å²) in [5.74, 6) is 1.98. The van der Waals surface area contributed by atoms with E-state index >= 15 is 0 Å². The zero-order chi connectivity index (χ0) is 20.2. The smallest absolute Gasteiger partial charge is 0.124 e. The maximum Gasteiger partial charge on any atom is 0.124 e. The molecule has 0 spiro atoms. The summed E-state index contributed by atoms with van der Waals surface area (Å²) in [5, 5.41) is 6.84. The average Bonchev–Trinajstić information content (AvgIpc) is 3.33. The van der Waals surface area contributed by atoms with Gasteiger partial charge in [-0.2, -0.15) is 0 Å². The van der Waals surface area contributed by atoms with Crippen LogP contribution in [0.1, 0.15) is 54.3 Å². The molecule has 156 valence electrons. The van der Waals surface area contributed by atoms with Gasteiger partial charge in [0.05, 0.1) is 6.10 Å². The highest BCUT2D eigenvalue weighted by atomic mass is 32.1. The minimum absolute atomic E-state index is 0.151. The standard InChI is InChI=1S/C25H28N2O2S/c1-2-4-18(5-3-1)23-12-6-19-16-22(11-13-24(19)29-23)28-21-9-7-20(8-10-21)27-17-25-26-14-15-30-25/h1-5,11,13-16,20-21,23,27H,6-10,12,17H2. The number of benzene rings is 2. The van der Waals surface area contributed by atoms with Crippen molar-refractivity contribution in [2.45, 2.75) is 63.3 Å². The molecule has 2 aliphatic rings. The summed E-state index contributed by atoms with van der Waals surface area (Å²) in [6.45, 7) is 0.878. The Labute approximate surface area is 182 Å². The van der Waals surface area contributed by atoms with E-state index in [1.165, 1.54) is 16.1 Å². The quantitative estimate of drug-likeness (QED) is 0.556. The summed E-state index contributed by atoms with van der Waals surface area (Å²) in [5.41, 5.74) is 2.52. The summed E-state index contributed by atoms with van der Waals surface area (Å²) < 4.78 is 12.6. The molecule has 30 heavy (non-hydrogen) atoms. The van der Waals surface area contributed by atoms with Gasteiger partial charge in [0.15, 0.2) is 0 Å². The lowest BCUT2D eigenvalue weighted by Gasteiger charge is -2.30. The van der Waals surface area contributed by atoms with Gasteiger partial charge in [-0.05, 0) is 67.9 Å². The fraction of sp³-hybridized carbons (Fsp3) is 0.400. The number of fused-ring (bicyclic) bond motifs is 1. The molecular formula is C25H28N2O2S. The fourth-order valence-electron chi connectivity index (χ4n) is 4.49. The predicted octanol–water partition coefficient (Wildman–Crippen LogP) is 5.69. The van der Waals surface area contributed by atoms with Crippen LogP contribution in [-0.4, -0.2) is 17.1 Å². The molecule has 0 saturated heterocycles. The highest BCUT2D eigenvalue weighted by Gasteiger charge is 2.24. The molecule has 1 aromatic heterocycles. The third-order valence-corrected chi connectivity index (χ3v) is 6.93. The van der Waals surface area contributed by atoms with Crippen molar-refractivity contribution in [3.05, 3.63) is 76.2 Å². The van der Waals surface area contributed by atoms with Crippen molar-refractivity contribution in [3.63, 3.8) is 0 Å². The van der Waals surface area contributed by atoms with E-state index in [9.17, 15) is 0 Å². The summed E-state index contributed by atoms with van der Waals surface area (Å²) in [6.07, 6.45) is 8.87. The molecule has 1 saturated carbocycles. The molecule has 1 aliphatic carbocycles. The minimum Gasteiger partial charge on any atom is -0.490 e. The molecule has 1 unspecified atom stereocenters. The van der Waals surface area contributed by atoms with E-state index in [2.05, 4.69) is 52.8 Å². The molecule has 5 heteroatoms. The second kappa shape index (κ2) is 9.19. The molecule has 2 heterocycles. The Hall–Kier alpha value is -2.37. The van der Waals surface area contributed by atoms with Crippen molar-refractivity contribution in [2.75, 3.05) is 0 Å². The SMILES string of the molecule is c1ccc(C2CCc3cc(OC4CCC(NCc5nccs5)CC4)ccc3O2)cc1. The van der Waals surface area contributed by atoms with Crippen molar-refractivity contribution in [2.24, 2.45) is 0 Å². The monoisotopic (exact) mass is 420 g/mol. The van der Waals surface area contributed by atoms with Crippen molar-refractivity contribution in [3.8, 4) is 11.5 Å². The van der Waals surface area contributed by atoms with E-state index in [0.717, 1.165) is 56.6 Å². The van der Waals surface area contributed by atoms with Crippen LogP contribution in [0.25, 0.3) is 0 Å². The predicted molar refractivity (Wildman–Crippen MR) is 120 cm³/mol.